The highest BCUT2D eigenvalue weighted by Gasteiger charge is 2.22. The lowest BCUT2D eigenvalue weighted by molar-refractivity contribution is 0.0946. The highest BCUT2D eigenvalue weighted by molar-refractivity contribution is 6.30. The zero-order valence-electron chi connectivity index (χ0n) is 17.5. The van der Waals surface area contributed by atoms with Gasteiger partial charge in [-0.15, -0.1) is 0 Å². The van der Waals surface area contributed by atoms with Crippen molar-refractivity contribution in [1.29, 1.82) is 0 Å². The Morgan fingerprint density at radius 2 is 1.94 bits per heavy atom. The van der Waals surface area contributed by atoms with E-state index in [-0.39, 0.29) is 5.91 Å². The predicted molar refractivity (Wildman–Crippen MR) is 121 cm³/mol. The molecule has 164 valence electrons. The number of nitrogens with zero attached hydrogens (tertiary/aromatic N) is 6. The average Bonchev–Trinajstić information content (AvgIpc) is 3.48. The summed E-state index contributed by atoms with van der Waals surface area (Å²) in [5, 5.41) is 12.0. The number of hydrogen-bond acceptors (Lipinski definition) is 7. The topological polar surface area (TPSA) is 91.8 Å². The average molecular weight is 452 g/mol. The third kappa shape index (κ3) is 4.04. The van der Waals surface area contributed by atoms with Crippen molar-refractivity contribution in [3.63, 3.8) is 0 Å². The van der Waals surface area contributed by atoms with Crippen LogP contribution in [0.1, 0.15) is 16.1 Å². The number of halogens is 1. The number of likely N-dealkylation sites (N-methyl/N-ethyl adjacent to an activating group) is 1. The van der Waals surface area contributed by atoms with Gasteiger partial charge in [0.15, 0.2) is 5.65 Å². The van der Waals surface area contributed by atoms with Crippen LogP contribution in [-0.4, -0.2) is 63.8 Å². The highest BCUT2D eigenvalue weighted by atomic mass is 35.5. The minimum atomic E-state index is -0.254. The molecule has 1 N–H and O–H groups in total. The molecule has 4 heterocycles. The number of benzene rings is 1. The van der Waals surface area contributed by atoms with Gasteiger partial charge < -0.3 is 19.6 Å². The summed E-state index contributed by atoms with van der Waals surface area (Å²) in [6.07, 6.45) is 4.88. The molecule has 0 aliphatic carbocycles. The fraction of sp³-hybridized carbons (Fsp3) is 0.273. The first-order valence-electron chi connectivity index (χ1n) is 10.3. The molecular formula is C22H22ClN7O2. The molecule has 9 nitrogen and oxygen atoms in total. The molecule has 4 aromatic rings. The number of rotatable bonds is 5. The Hall–Kier alpha value is -3.43. The van der Waals surface area contributed by atoms with E-state index < -0.39 is 0 Å². The van der Waals surface area contributed by atoms with E-state index in [1.165, 1.54) is 0 Å². The molecule has 0 saturated carbocycles. The molecule has 32 heavy (non-hydrogen) atoms. The van der Waals surface area contributed by atoms with Crippen molar-refractivity contribution >= 4 is 29.0 Å². The number of fused-ring (bicyclic) bond motifs is 1. The molecule has 1 saturated heterocycles. The number of nitrogens with one attached hydrogen (secondary N) is 1. The van der Waals surface area contributed by atoms with E-state index in [1.807, 2.05) is 12.1 Å². The van der Waals surface area contributed by atoms with Crippen LogP contribution in [0.2, 0.25) is 5.02 Å². The Bertz CT molecular complexity index is 1230. The summed E-state index contributed by atoms with van der Waals surface area (Å²) in [6.45, 7) is 3.92. The molecule has 10 heteroatoms. The lowest BCUT2D eigenvalue weighted by atomic mass is 10.2. The van der Waals surface area contributed by atoms with Crippen LogP contribution in [0.5, 0.6) is 0 Å². The maximum atomic E-state index is 13.0. The second-order valence-corrected chi connectivity index (χ2v) is 8.24. The number of carbonyl (C=O) groups is 1. The van der Waals surface area contributed by atoms with Gasteiger partial charge in [0.05, 0.1) is 18.0 Å². The first-order valence-corrected chi connectivity index (χ1v) is 10.7. The van der Waals surface area contributed by atoms with Crippen LogP contribution in [0.25, 0.3) is 16.8 Å². The first-order chi connectivity index (χ1) is 15.6. The summed E-state index contributed by atoms with van der Waals surface area (Å²) >= 11 is 5.95. The Kier molecular flexibility index (Phi) is 5.50. The van der Waals surface area contributed by atoms with Crippen molar-refractivity contribution in [2.45, 2.75) is 6.54 Å². The third-order valence-electron chi connectivity index (χ3n) is 5.62. The van der Waals surface area contributed by atoms with Gasteiger partial charge in [-0.1, -0.05) is 28.9 Å². The van der Waals surface area contributed by atoms with Crippen molar-refractivity contribution in [2.75, 3.05) is 38.1 Å². The molecule has 0 atom stereocenters. The van der Waals surface area contributed by atoms with Crippen LogP contribution in [-0.2, 0) is 6.54 Å². The monoisotopic (exact) mass is 451 g/mol. The third-order valence-corrected chi connectivity index (χ3v) is 5.87. The number of carbonyl (C=O) groups excluding carboxylic acids is 1. The zero-order chi connectivity index (χ0) is 22.1. The van der Waals surface area contributed by atoms with Crippen LogP contribution in [0.3, 0.4) is 0 Å². The summed E-state index contributed by atoms with van der Waals surface area (Å²) < 4.78 is 6.78. The normalized spacial score (nSPS) is 14.8. The number of piperazine rings is 1. The fourth-order valence-corrected chi connectivity index (χ4v) is 3.87. The van der Waals surface area contributed by atoms with Gasteiger partial charge in [-0.05, 0) is 24.7 Å². The lowest BCUT2D eigenvalue weighted by Crippen LogP contribution is -2.45. The standard InChI is InChI=1S/C22H22ClN7O2/c1-28-6-8-29(9-7-28)20-10-19(22(31)24-11-15-2-4-17(23)5-3-15)27-21-18(13-25-30(20)21)16-12-26-32-14-16/h2-5,10,12-14H,6-9,11H2,1H3,(H,24,31). The van der Waals surface area contributed by atoms with Gasteiger partial charge in [0.2, 0.25) is 0 Å². The summed E-state index contributed by atoms with van der Waals surface area (Å²) in [6, 6.07) is 9.18. The van der Waals surface area contributed by atoms with Gasteiger partial charge in [-0.25, -0.2) is 4.98 Å². The minimum Gasteiger partial charge on any atom is -0.364 e. The van der Waals surface area contributed by atoms with E-state index in [9.17, 15) is 4.79 Å². The van der Waals surface area contributed by atoms with Gasteiger partial charge in [0.1, 0.15) is 17.8 Å². The number of hydrogen-bond donors (Lipinski definition) is 1. The zero-order valence-corrected chi connectivity index (χ0v) is 18.3. The Morgan fingerprint density at radius 1 is 1.16 bits per heavy atom. The van der Waals surface area contributed by atoms with Gasteiger partial charge in [-0.3, -0.25) is 4.79 Å². The van der Waals surface area contributed by atoms with Crippen LogP contribution >= 0.6 is 11.6 Å². The summed E-state index contributed by atoms with van der Waals surface area (Å²) in [5.41, 5.74) is 3.39. The van der Waals surface area contributed by atoms with Gasteiger partial charge in [0, 0.05) is 49.4 Å². The molecule has 1 aromatic carbocycles. The van der Waals surface area contributed by atoms with Crippen LogP contribution in [0, 0.1) is 0 Å². The van der Waals surface area contributed by atoms with Crippen molar-refractivity contribution in [2.24, 2.45) is 0 Å². The molecule has 3 aromatic heterocycles. The second kappa shape index (κ2) is 8.60. The molecule has 0 unspecified atom stereocenters. The number of aromatic nitrogens is 4. The Morgan fingerprint density at radius 3 is 2.66 bits per heavy atom. The molecule has 5 rings (SSSR count). The quantitative estimate of drug-likeness (QED) is 0.498. The van der Waals surface area contributed by atoms with Gasteiger partial charge in [0.25, 0.3) is 5.91 Å². The molecule has 0 spiro atoms. The van der Waals surface area contributed by atoms with Crippen molar-refractivity contribution < 1.29 is 9.32 Å². The van der Waals surface area contributed by atoms with Crippen molar-refractivity contribution in [3.8, 4) is 11.1 Å². The maximum absolute atomic E-state index is 13.0. The fourth-order valence-electron chi connectivity index (χ4n) is 3.74. The smallest absolute Gasteiger partial charge is 0.270 e. The van der Waals surface area contributed by atoms with Crippen LogP contribution < -0.4 is 10.2 Å². The lowest BCUT2D eigenvalue weighted by Gasteiger charge is -2.34. The Balaban J connectivity index is 1.50. The van der Waals surface area contributed by atoms with E-state index in [2.05, 4.69) is 37.4 Å². The molecular weight excluding hydrogens is 430 g/mol. The molecule has 1 fully saturated rings. The minimum absolute atomic E-state index is 0.254. The summed E-state index contributed by atoms with van der Waals surface area (Å²) in [7, 11) is 2.10. The second-order valence-electron chi connectivity index (χ2n) is 7.81. The van der Waals surface area contributed by atoms with Crippen LogP contribution in [0.4, 0.5) is 5.82 Å². The Labute approximate surface area is 189 Å². The molecule has 1 aliphatic rings. The predicted octanol–water partition coefficient (Wildman–Crippen LogP) is 2.72. The summed E-state index contributed by atoms with van der Waals surface area (Å²) in [5.74, 6) is 0.581. The van der Waals surface area contributed by atoms with E-state index in [0.29, 0.717) is 22.9 Å². The maximum Gasteiger partial charge on any atom is 0.270 e. The van der Waals surface area contributed by atoms with E-state index in [4.69, 9.17) is 16.1 Å². The summed E-state index contributed by atoms with van der Waals surface area (Å²) in [4.78, 5) is 22.2. The molecule has 1 aliphatic heterocycles. The van der Waals surface area contributed by atoms with E-state index >= 15 is 0 Å². The molecule has 0 bridgehead atoms. The molecule has 0 radical (unpaired) electrons. The van der Waals surface area contributed by atoms with Crippen LogP contribution in [0.15, 0.2) is 53.5 Å². The molecule has 1 amide bonds. The van der Waals surface area contributed by atoms with Gasteiger partial charge >= 0.3 is 0 Å². The van der Waals surface area contributed by atoms with E-state index in [0.717, 1.165) is 48.7 Å². The first kappa shape index (κ1) is 20.5. The van der Waals surface area contributed by atoms with E-state index in [1.54, 1.807) is 41.4 Å². The number of amides is 1. The largest absolute Gasteiger partial charge is 0.364 e. The van der Waals surface area contributed by atoms with Crippen molar-refractivity contribution in [3.05, 3.63) is 65.3 Å². The number of anilines is 1. The van der Waals surface area contributed by atoms with Crippen molar-refractivity contribution in [1.82, 2.24) is 30.0 Å². The van der Waals surface area contributed by atoms with Gasteiger partial charge in [-0.2, -0.15) is 9.61 Å². The SMILES string of the molecule is CN1CCN(c2cc(C(=O)NCc3ccc(Cl)cc3)nc3c(-c4cnoc4)cnn23)CC1. The highest BCUT2D eigenvalue weighted by Crippen LogP contribution is 2.27.